The lowest BCUT2D eigenvalue weighted by Crippen LogP contribution is -2.49. The average Bonchev–Trinajstić information content (AvgIpc) is 3.07. The zero-order valence-corrected chi connectivity index (χ0v) is 13.3. The van der Waals surface area contributed by atoms with E-state index in [1.165, 1.54) is 11.3 Å². The fraction of sp³-hybridized carbons (Fsp3) is 0.615. The van der Waals surface area contributed by atoms with Gasteiger partial charge in [-0.2, -0.15) is 0 Å². The first-order valence-electron chi connectivity index (χ1n) is 7.16. The number of hydrogen-bond acceptors (Lipinski definition) is 4. The van der Waals surface area contributed by atoms with Gasteiger partial charge in [0.25, 0.3) is 0 Å². The molecule has 2 aliphatic rings. The summed E-state index contributed by atoms with van der Waals surface area (Å²) < 4.78 is 27.4. The number of nitrogens with one attached hydrogen (secondary N) is 2. The largest absolute Gasteiger partial charge is 0.335 e. The predicted octanol–water partition coefficient (Wildman–Crippen LogP) is 1.36. The van der Waals surface area contributed by atoms with E-state index in [9.17, 15) is 13.2 Å². The zero-order valence-electron chi connectivity index (χ0n) is 11.6. The Balaban J connectivity index is 1.50. The zero-order chi connectivity index (χ0) is 14.9. The van der Waals surface area contributed by atoms with Crippen molar-refractivity contribution in [3.8, 4) is 0 Å². The van der Waals surface area contributed by atoms with E-state index in [4.69, 9.17) is 0 Å². The first-order chi connectivity index (χ1) is 10.0. The summed E-state index contributed by atoms with van der Waals surface area (Å²) in [5.41, 5.74) is 0. The van der Waals surface area contributed by atoms with Crippen LogP contribution in [0.2, 0.25) is 0 Å². The highest BCUT2D eigenvalue weighted by molar-refractivity contribution is 7.91. The molecule has 1 saturated carbocycles. The lowest BCUT2D eigenvalue weighted by Gasteiger charge is -2.32. The van der Waals surface area contributed by atoms with Crippen LogP contribution >= 0.6 is 11.3 Å². The van der Waals surface area contributed by atoms with Crippen molar-refractivity contribution in [3.05, 3.63) is 17.5 Å². The van der Waals surface area contributed by atoms with Gasteiger partial charge < -0.3 is 10.2 Å². The molecular weight excluding hydrogens is 310 g/mol. The summed E-state index contributed by atoms with van der Waals surface area (Å²) >= 11 is 1.21. The number of piperidine rings is 1. The van der Waals surface area contributed by atoms with Gasteiger partial charge in [0.1, 0.15) is 4.21 Å². The number of carbonyl (C=O) groups is 1. The summed E-state index contributed by atoms with van der Waals surface area (Å²) in [4.78, 5) is 13.7. The molecule has 1 aliphatic heterocycles. The third-order valence-electron chi connectivity index (χ3n) is 3.77. The number of hydrogen-bond donors (Lipinski definition) is 2. The van der Waals surface area contributed by atoms with E-state index in [0.29, 0.717) is 36.2 Å². The molecule has 116 valence electrons. The number of nitrogens with zero attached hydrogens (tertiary/aromatic N) is 1. The smallest absolute Gasteiger partial charge is 0.317 e. The minimum absolute atomic E-state index is 0.0166. The van der Waals surface area contributed by atoms with Gasteiger partial charge in [-0.15, -0.1) is 11.3 Å². The Morgan fingerprint density at radius 1 is 1.19 bits per heavy atom. The molecule has 3 rings (SSSR count). The standard InChI is InChI=1S/C13H19N3O3S2/c17-13(14-10-3-4-10)16-7-5-11(6-8-16)15-21(18,19)12-2-1-9-20-12/h1-2,9-11,15H,3-8H2,(H,14,17). The fourth-order valence-electron chi connectivity index (χ4n) is 2.39. The van der Waals surface area contributed by atoms with Gasteiger partial charge in [0.05, 0.1) is 0 Å². The van der Waals surface area contributed by atoms with E-state index in [-0.39, 0.29) is 12.1 Å². The number of urea groups is 1. The Kier molecular flexibility index (Phi) is 4.19. The maximum absolute atomic E-state index is 12.1. The lowest BCUT2D eigenvalue weighted by atomic mass is 10.1. The third-order valence-corrected chi connectivity index (χ3v) is 6.69. The number of thiophene rings is 1. The number of amides is 2. The Morgan fingerprint density at radius 2 is 1.90 bits per heavy atom. The fourth-order valence-corrected chi connectivity index (χ4v) is 4.70. The van der Waals surface area contributed by atoms with Gasteiger partial charge in [0.15, 0.2) is 0 Å². The van der Waals surface area contributed by atoms with Crippen LogP contribution in [0, 0.1) is 0 Å². The molecule has 21 heavy (non-hydrogen) atoms. The van der Waals surface area contributed by atoms with Crippen molar-refractivity contribution in [1.29, 1.82) is 0 Å². The first kappa shape index (κ1) is 14.8. The molecule has 0 aromatic carbocycles. The van der Waals surface area contributed by atoms with E-state index >= 15 is 0 Å². The Morgan fingerprint density at radius 3 is 2.48 bits per heavy atom. The van der Waals surface area contributed by atoms with Gasteiger partial charge >= 0.3 is 6.03 Å². The molecule has 0 spiro atoms. The molecule has 8 heteroatoms. The molecule has 1 aliphatic carbocycles. The van der Waals surface area contributed by atoms with Crippen molar-refractivity contribution in [2.24, 2.45) is 0 Å². The predicted molar refractivity (Wildman–Crippen MR) is 80.8 cm³/mol. The molecular formula is C13H19N3O3S2. The molecule has 0 bridgehead atoms. The van der Waals surface area contributed by atoms with Gasteiger partial charge in [-0.05, 0) is 37.1 Å². The third kappa shape index (κ3) is 3.75. The molecule has 2 amide bonds. The van der Waals surface area contributed by atoms with E-state index in [0.717, 1.165) is 12.8 Å². The molecule has 0 unspecified atom stereocenters. The van der Waals surface area contributed by atoms with Crippen molar-refractivity contribution >= 4 is 27.4 Å². The van der Waals surface area contributed by atoms with Crippen LogP contribution in [0.3, 0.4) is 0 Å². The number of likely N-dealkylation sites (tertiary alicyclic amines) is 1. The highest BCUT2D eigenvalue weighted by Crippen LogP contribution is 2.21. The van der Waals surface area contributed by atoms with Crippen LogP contribution in [-0.2, 0) is 10.0 Å². The molecule has 2 heterocycles. The van der Waals surface area contributed by atoms with Crippen LogP contribution in [0.4, 0.5) is 4.79 Å². The number of sulfonamides is 1. The first-order valence-corrected chi connectivity index (χ1v) is 9.52. The van der Waals surface area contributed by atoms with E-state index in [1.807, 2.05) is 0 Å². The van der Waals surface area contributed by atoms with Crippen LogP contribution in [0.1, 0.15) is 25.7 Å². The monoisotopic (exact) mass is 329 g/mol. The second-order valence-electron chi connectivity index (χ2n) is 5.54. The van der Waals surface area contributed by atoms with Crippen LogP contribution < -0.4 is 10.0 Å². The van der Waals surface area contributed by atoms with Crippen molar-refractivity contribution in [2.75, 3.05) is 13.1 Å². The summed E-state index contributed by atoms with van der Waals surface area (Å²) in [6.07, 6.45) is 3.46. The normalized spacial score (nSPS) is 20.5. The van der Waals surface area contributed by atoms with Gasteiger partial charge in [-0.3, -0.25) is 0 Å². The van der Waals surface area contributed by atoms with Gasteiger partial charge in [-0.25, -0.2) is 17.9 Å². The van der Waals surface area contributed by atoms with E-state index in [1.54, 1.807) is 22.4 Å². The molecule has 6 nitrogen and oxygen atoms in total. The number of carbonyl (C=O) groups excluding carboxylic acids is 1. The second kappa shape index (κ2) is 5.94. The van der Waals surface area contributed by atoms with Crippen LogP contribution in [0.5, 0.6) is 0 Å². The maximum Gasteiger partial charge on any atom is 0.317 e. The van der Waals surface area contributed by atoms with Crippen molar-refractivity contribution in [1.82, 2.24) is 14.9 Å². The minimum Gasteiger partial charge on any atom is -0.335 e. The van der Waals surface area contributed by atoms with Crippen LogP contribution in [0.15, 0.2) is 21.7 Å². The van der Waals surface area contributed by atoms with Crippen molar-refractivity contribution in [3.63, 3.8) is 0 Å². The highest BCUT2D eigenvalue weighted by Gasteiger charge is 2.30. The van der Waals surface area contributed by atoms with E-state index < -0.39 is 10.0 Å². The quantitative estimate of drug-likeness (QED) is 0.875. The molecule has 2 fully saturated rings. The molecule has 1 aromatic rings. The minimum atomic E-state index is -3.41. The Hall–Kier alpha value is -1.12. The Labute approximate surface area is 128 Å². The molecule has 2 N–H and O–H groups in total. The van der Waals surface area contributed by atoms with Crippen molar-refractivity contribution < 1.29 is 13.2 Å². The topological polar surface area (TPSA) is 78.5 Å². The van der Waals surface area contributed by atoms with Crippen molar-refractivity contribution in [2.45, 2.75) is 42.0 Å². The molecule has 0 atom stereocenters. The maximum atomic E-state index is 12.1. The van der Waals surface area contributed by atoms with E-state index in [2.05, 4.69) is 10.0 Å². The second-order valence-corrected chi connectivity index (χ2v) is 8.43. The SMILES string of the molecule is O=C(NC1CC1)N1CCC(NS(=O)(=O)c2cccs2)CC1. The summed E-state index contributed by atoms with van der Waals surface area (Å²) in [6, 6.07) is 3.57. The summed E-state index contributed by atoms with van der Waals surface area (Å²) in [5, 5.41) is 4.71. The van der Waals surface area contributed by atoms with Crippen LogP contribution in [-0.4, -0.2) is 44.5 Å². The lowest BCUT2D eigenvalue weighted by molar-refractivity contribution is 0.179. The summed E-state index contributed by atoms with van der Waals surface area (Å²) in [6.45, 7) is 1.19. The summed E-state index contributed by atoms with van der Waals surface area (Å²) in [7, 11) is -3.41. The highest BCUT2D eigenvalue weighted by atomic mass is 32.2. The number of rotatable bonds is 4. The summed E-state index contributed by atoms with van der Waals surface area (Å²) in [5.74, 6) is 0. The van der Waals surface area contributed by atoms with Gasteiger partial charge in [-0.1, -0.05) is 6.07 Å². The molecule has 1 saturated heterocycles. The van der Waals surface area contributed by atoms with Crippen LogP contribution in [0.25, 0.3) is 0 Å². The Bertz CT molecular complexity index is 588. The van der Waals surface area contributed by atoms with Gasteiger partial charge in [0, 0.05) is 25.2 Å². The van der Waals surface area contributed by atoms with Gasteiger partial charge in [0.2, 0.25) is 10.0 Å². The molecule has 0 radical (unpaired) electrons. The molecule has 1 aromatic heterocycles. The average molecular weight is 329 g/mol.